The number of sulfonamides is 1. The van der Waals surface area contributed by atoms with Crippen molar-refractivity contribution in [3.63, 3.8) is 0 Å². The first-order valence-corrected chi connectivity index (χ1v) is 17.2. The van der Waals surface area contributed by atoms with E-state index in [4.69, 9.17) is 5.41 Å². The summed E-state index contributed by atoms with van der Waals surface area (Å²) in [5.41, 5.74) is 3.03. The van der Waals surface area contributed by atoms with Crippen molar-refractivity contribution in [2.45, 2.75) is 81.7 Å². The molecule has 0 radical (unpaired) electrons. The van der Waals surface area contributed by atoms with Crippen LogP contribution >= 0.6 is 0 Å². The van der Waals surface area contributed by atoms with Crippen LogP contribution in [0.15, 0.2) is 65.6 Å². The summed E-state index contributed by atoms with van der Waals surface area (Å²) in [6.07, 6.45) is 4.93. The molecule has 0 aliphatic carbocycles. The Morgan fingerprint density at radius 1 is 0.957 bits per heavy atom. The first kappa shape index (κ1) is 34.8. The Bertz CT molecular complexity index is 1690. The van der Waals surface area contributed by atoms with Crippen LogP contribution in [-0.2, 0) is 37.2 Å². The number of carbonyl (C=O) groups excluding carboxylic acids is 2. The number of benzene rings is 3. The van der Waals surface area contributed by atoms with Gasteiger partial charge in [0.1, 0.15) is 17.9 Å². The number of carboxylic acid groups (broad SMARTS) is 1. The molecule has 3 aromatic rings. The number of hydrogen-bond donors (Lipinski definition) is 3. The van der Waals surface area contributed by atoms with Crippen molar-refractivity contribution in [2.75, 3.05) is 25.5 Å². The third-order valence-corrected chi connectivity index (χ3v) is 10.4. The van der Waals surface area contributed by atoms with E-state index in [0.29, 0.717) is 35.9 Å². The van der Waals surface area contributed by atoms with E-state index in [1.165, 1.54) is 4.31 Å². The summed E-state index contributed by atoms with van der Waals surface area (Å²) in [6, 6.07) is 15.4. The van der Waals surface area contributed by atoms with Crippen LogP contribution in [0.5, 0.6) is 0 Å². The molecule has 246 valence electrons. The highest BCUT2D eigenvalue weighted by Crippen LogP contribution is 2.34. The van der Waals surface area contributed by atoms with E-state index in [2.05, 4.69) is 5.32 Å². The van der Waals surface area contributed by atoms with Gasteiger partial charge in [-0.15, -0.1) is 0 Å². The van der Waals surface area contributed by atoms with E-state index in [0.717, 1.165) is 42.3 Å². The van der Waals surface area contributed by atoms with Crippen LogP contribution in [0, 0.1) is 5.41 Å². The molecule has 11 heteroatoms. The fourth-order valence-corrected chi connectivity index (χ4v) is 7.86. The monoisotopic (exact) mass is 648 g/mol. The first-order valence-electron chi connectivity index (χ1n) is 15.8. The number of aliphatic carboxylic acids is 1. The number of amides is 1. The molecule has 2 atom stereocenters. The number of fused-ring (bicyclic) bond motifs is 1. The molecule has 3 N–H and O–H groups in total. The van der Waals surface area contributed by atoms with Crippen LogP contribution < -0.4 is 10.2 Å². The molecule has 0 aromatic heterocycles. The highest BCUT2D eigenvalue weighted by Gasteiger charge is 2.41. The Labute approximate surface area is 271 Å². The first-order chi connectivity index (χ1) is 21.9. The Kier molecular flexibility index (Phi) is 11.7. The van der Waals surface area contributed by atoms with Crippen molar-refractivity contribution in [3.8, 4) is 0 Å². The lowest BCUT2D eigenvalue weighted by molar-refractivity contribution is -0.142. The average molecular weight is 649 g/mol. The number of ketones is 1. The number of Topliss-reactive ketones (excluding diaryl/α,β-unsaturated/α-hetero) is 1. The van der Waals surface area contributed by atoms with Crippen LogP contribution in [0.25, 0.3) is 10.8 Å². The molecule has 1 fully saturated rings. The maximum atomic E-state index is 14.0. The van der Waals surface area contributed by atoms with Gasteiger partial charge in [0.25, 0.3) is 0 Å². The Hall–Kier alpha value is -4.09. The van der Waals surface area contributed by atoms with Gasteiger partial charge in [-0.25, -0.2) is 13.2 Å². The van der Waals surface area contributed by atoms with E-state index >= 15 is 0 Å². The summed E-state index contributed by atoms with van der Waals surface area (Å²) >= 11 is 0. The molecule has 10 nitrogen and oxygen atoms in total. The summed E-state index contributed by atoms with van der Waals surface area (Å²) in [5.74, 6) is -1.73. The maximum absolute atomic E-state index is 14.0. The van der Waals surface area contributed by atoms with Crippen molar-refractivity contribution in [3.05, 3.63) is 71.8 Å². The molecule has 1 amide bonds. The summed E-state index contributed by atoms with van der Waals surface area (Å²) in [5, 5.41) is 21.3. The van der Waals surface area contributed by atoms with Crippen molar-refractivity contribution < 1.29 is 27.9 Å². The van der Waals surface area contributed by atoms with Crippen LogP contribution in [0.2, 0.25) is 0 Å². The maximum Gasteiger partial charge on any atom is 0.326 e. The van der Waals surface area contributed by atoms with Gasteiger partial charge in [-0.3, -0.25) is 9.59 Å². The molecule has 4 rings (SSSR count). The van der Waals surface area contributed by atoms with Gasteiger partial charge in [0.2, 0.25) is 15.9 Å². The number of carboxylic acids is 1. The van der Waals surface area contributed by atoms with Gasteiger partial charge < -0.3 is 20.7 Å². The number of rotatable bonds is 16. The molecule has 1 heterocycles. The minimum atomic E-state index is -4.07. The van der Waals surface area contributed by atoms with Gasteiger partial charge in [-0.1, -0.05) is 55.0 Å². The van der Waals surface area contributed by atoms with E-state index in [9.17, 15) is 27.9 Å². The van der Waals surface area contributed by atoms with Crippen LogP contribution in [0.4, 0.5) is 5.69 Å². The topological polar surface area (TPSA) is 148 Å². The zero-order chi connectivity index (χ0) is 33.4. The number of hydrogen-bond acceptors (Lipinski definition) is 7. The predicted octanol–water partition coefficient (Wildman–Crippen LogP) is 4.97. The minimum absolute atomic E-state index is 0.0117. The van der Waals surface area contributed by atoms with Crippen molar-refractivity contribution in [1.82, 2.24) is 9.62 Å². The van der Waals surface area contributed by atoms with Crippen LogP contribution in [0.3, 0.4) is 0 Å². The van der Waals surface area contributed by atoms with Gasteiger partial charge in [0, 0.05) is 62.1 Å². The average Bonchev–Trinajstić information content (AvgIpc) is 3.52. The molecular formula is C35H44N4O6S. The van der Waals surface area contributed by atoms with Gasteiger partial charge in [0.15, 0.2) is 0 Å². The highest BCUT2D eigenvalue weighted by molar-refractivity contribution is 7.89. The van der Waals surface area contributed by atoms with E-state index in [-0.39, 0.29) is 30.1 Å². The number of anilines is 1. The largest absolute Gasteiger partial charge is 0.480 e. The van der Waals surface area contributed by atoms with Gasteiger partial charge in [-0.2, -0.15) is 4.31 Å². The quantitative estimate of drug-likeness (QED) is 0.147. The number of nitrogens with one attached hydrogen (secondary N) is 2. The van der Waals surface area contributed by atoms with E-state index in [1.54, 1.807) is 55.5 Å². The lowest BCUT2D eigenvalue weighted by atomic mass is 10.00. The van der Waals surface area contributed by atoms with Crippen LogP contribution in [0.1, 0.15) is 63.0 Å². The molecule has 1 aliphatic rings. The molecule has 1 saturated heterocycles. The fraction of sp³-hybridized carbons (Fsp3) is 0.429. The molecule has 2 unspecified atom stereocenters. The second-order valence-corrected chi connectivity index (χ2v) is 14.1. The lowest BCUT2D eigenvalue weighted by Gasteiger charge is -2.26. The zero-order valence-corrected chi connectivity index (χ0v) is 27.6. The minimum Gasteiger partial charge on any atom is -0.480 e. The summed E-state index contributed by atoms with van der Waals surface area (Å²) in [6.45, 7) is 1.94. The van der Waals surface area contributed by atoms with Gasteiger partial charge >= 0.3 is 5.97 Å². The predicted molar refractivity (Wildman–Crippen MR) is 180 cm³/mol. The van der Waals surface area contributed by atoms with Crippen molar-refractivity contribution >= 4 is 49.9 Å². The zero-order valence-electron chi connectivity index (χ0n) is 26.8. The Balaban J connectivity index is 1.40. The lowest BCUT2D eigenvalue weighted by Crippen LogP contribution is -2.51. The van der Waals surface area contributed by atoms with E-state index < -0.39 is 34.0 Å². The smallest absolute Gasteiger partial charge is 0.326 e. The summed E-state index contributed by atoms with van der Waals surface area (Å²) in [4.78, 5) is 40.0. The molecule has 3 aromatic carbocycles. The van der Waals surface area contributed by atoms with Crippen LogP contribution in [-0.4, -0.2) is 73.9 Å². The second-order valence-electron chi connectivity index (χ2n) is 12.3. The third kappa shape index (κ3) is 8.58. The van der Waals surface area contributed by atoms with Crippen molar-refractivity contribution in [1.29, 1.82) is 5.41 Å². The summed E-state index contributed by atoms with van der Waals surface area (Å²) < 4.78 is 29.1. The normalized spacial score (nSPS) is 15.8. The molecular weight excluding hydrogens is 604 g/mol. The van der Waals surface area contributed by atoms with E-state index in [1.807, 2.05) is 31.1 Å². The molecule has 0 saturated carbocycles. The SMILES string of the molecule is CC(=N)CCCCCC(=O)Cc1ccc(CC(NC(=O)C2CCCN2S(=O)(=O)c2cccc3c(N(C)C)cccc23)C(=O)O)cc1. The molecule has 0 bridgehead atoms. The van der Waals surface area contributed by atoms with Crippen molar-refractivity contribution in [2.24, 2.45) is 0 Å². The second kappa shape index (κ2) is 15.5. The summed E-state index contributed by atoms with van der Waals surface area (Å²) in [7, 11) is -0.301. The number of nitrogens with zero attached hydrogens (tertiary/aromatic N) is 2. The number of carbonyl (C=O) groups is 3. The molecule has 0 spiro atoms. The molecule has 1 aliphatic heterocycles. The fourth-order valence-electron chi connectivity index (χ4n) is 6.00. The molecule has 46 heavy (non-hydrogen) atoms. The Morgan fingerprint density at radius 2 is 1.61 bits per heavy atom. The standard InChI is InChI=1S/C35H44N4O6S/c1-24(36)10-5-4-6-11-27(40)22-25-17-19-26(20-18-25)23-30(35(42)43)37-34(41)32-15-9-21-39(32)46(44,45)33-16-8-12-28-29(33)13-7-14-31(28)38(2)3/h7-8,12-14,16-20,30,32,36H,4-6,9-11,15,21-23H2,1-3H3,(H,37,41)(H,42,43). The number of unbranched alkanes of at least 4 members (excludes halogenated alkanes) is 2. The van der Waals surface area contributed by atoms with Gasteiger partial charge in [0.05, 0.1) is 4.90 Å². The Morgan fingerprint density at radius 3 is 2.28 bits per heavy atom. The highest BCUT2D eigenvalue weighted by atomic mass is 32.2. The third-order valence-electron chi connectivity index (χ3n) is 8.42. The van der Waals surface area contributed by atoms with Gasteiger partial charge in [-0.05, 0) is 62.3 Å².